The Hall–Kier alpha value is -3.03. The van der Waals surface area contributed by atoms with E-state index in [1.165, 1.54) is 12.1 Å². The van der Waals surface area contributed by atoms with Crippen LogP contribution >= 0.6 is 0 Å². The molecule has 2 amide bonds. The molecule has 2 aromatic rings. The minimum absolute atomic E-state index is 0.260. The van der Waals surface area contributed by atoms with Crippen LogP contribution < -0.4 is 15.4 Å². The fourth-order valence-corrected chi connectivity index (χ4v) is 2.79. The van der Waals surface area contributed by atoms with E-state index in [1.54, 1.807) is 24.3 Å². The molecular formula is C20H19F3N2O3. The normalized spacial score (nSPS) is 18.3. The summed E-state index contributed by atoms with van der Waals surface area (Å²) in [5.41, 5.74) is 0.0716. The molecule has 28 heavy (non-hydrogen) atoms. The standard InChI is InChI=1S/C20H19F3N2O3/c1-2-28-15-9-7-14(8-10-15)25-19(27)17-11-16(17)18(26)24-13-5-3-12(4-6-13)20(21,22)23/h3-10,16-17H,2,11H2,1H3,(H,24,26)(H,25,27). The molecule has 0 heterocycles. The molecule has 2 unspecified atom stereocenters. The number of amides is 2. The maximum Gasteiger partial charge on any atom is 0.416 e. The highest BCUT2D eigenvalue weighted by atomic mass is 19.4. The summed E-state index contributed by atoms with van der Waals surface area (Å²) >= 11 is 0. The van der Waals surface area contributed by atoms with E-state index in [0.717, 1.165) is 12.1 Å². The first-order chi connectivity index (χ1) is 13.3. The fraction of sp³-hybridized carbons (Fsp3) is 0.300. The van der Waals surface area contributed by atoms with Gasteiger partial charge in [-0.05, 0) is 61.9 Å². The van der Waals surface area contributed by atoms with Gasteiger partial charge in [-0.2, -0.15) is 13.2 Å². The van der Waals surface area contributed by atoms with E-state index >= 15 is 0 Å². The molecular weight excluding hydrogens is 373 g/mol. The van der Waals surface area contributed by atoms with E-state index in [-0.39, 0.29) is 17.5 Å². The second kappa shape index (κ2) is 7.92. The minimum Gasteiger partial charge on any atom is -0.494 e. The molecule has 1 aliphatic rings. The molecule has 8 heteroatoms. The van der Waals surface area contributed by atoms with E-state index < -0.39 is 23.6 Å². The Morgan fingerprint density at radius 3 is 1.82 bits per heavy atom. The number of anilines is 2. The number of carbonyl (C=O) groups excluding carboxylic acids is 2. The van der Waals surface area contributed by atoms with Crippen molar-refractivity contribution in [3.05, 3.63) is 54.1 Å². The van der Waals surface area contributed by atoms with Crippen molar-refractivity contribution in [3.8, 4) is 5.75 Å². The van der Waals surface area contributed by atoms with Crippen molar-refractivity contribution in [2.75, 3.05) is 17.2 Å². The lowest BCUT2D eigenvalue weighted by atomic mass is 10.2. The summed E-state index contributed by atoms with van der Waals surface area (Å²) in [5.74, 6) is -0.907. The largest absolute Gasteiger partial charge is 0.494 e. The van der Waals surface area contributed by atoms with E-state index in [4.69, 9.17) is 4.74 Å². The number of nitrogens with one attached hydrogen (secondary N) is 2. The molecule has 0 aliphatic heterocycles. The van der Waals surface area contributed by atoms with Crippen LogP contribution in [0.4, 0.5) is 24.5 Å². The van der Waals surface area contributed by atoms with Gasteiger partial charge in [0.2, 0.25) is 11.8 Å². The van der Waals surface area contributed by atoms with Gasteiger partial charge in [-0.25, -0.2) is 0 Å². The van der Waals surface area contributed by atoms with Gasteiger partial charge in [0.1, 0.15) is 5.75 Å². The predicted molar refractivity (Wildman–Crippen MR) is 97.9 cm³/mol. The number of carbonyl (C=O) groups is 2. The predicted octanol–water partition coefficient (Wildman–Crippen LogP) is 4.32. The monoisotopic (exact) mass is 392 g/mol. The molecule has 2 aromatic carbocycles. The highest BCUT2D eigenvalue weighted by Crippen LogP contribution is 2.40. The number of alkyl halides is 3. The number of rotatable bonds is 6. The first-order valence-electron chi connectivity index (χ1n) is 8.80. The topological polar surface area (TPSA) is 67.4 Å². The van der Waals surface area contributed by atoms with E-state index in [1.807, 2.05) is 6.92 Å². The fourth-order valence-electron chi connectivity index (χ4n) is 2.79. The van der Waals surface area contributed by atoms with Gasteiger partial charge in [0, 0.05) is 11.4 Å². The molecule has 1 aliphatic carbocycles. The van der Waals surface area contributed by atoms with Crippen LogP contribution in [0.15, 0.2) is 48.5 Å². The molecule has 1 fully saturated rings. The highest BCUT2D eigenvalue weighted by molar-refractivity contribution is 6.03. The summed E-state index contributed by atoms with van der Waals surface area (Å²) in [6.45, 7) is 2.42. The Morgan fingerprint density at radius 1 is 0.929 bits per heavy atom. The van der Waals surface area contributed by atoms with Gasteiger partial charge >= 0.3 is 6.18 Å². The second-order valence-corrected chi connectivity index (χ2v) is 6.46. The average Bonchev–Trinajstić information content (AvgIpc) is 3.44. The third-order valence-electron chi connectivity index (χ3n) is 4.38. The summed E-state index contributed by atoms with van der Waals surface area (Å²) in [5, 5.41) is 5.30. The third kappa shape index (κ3) is 4.82. The lowest BCUT2D eigenvalue weighted by Gasteiger charge is -2.09. The molecule has 0 bridgehead atoms. The summed E-state index contributed by atoms with van der Waals surface area (Å²) in [4.78, 5) is 24.5. The second-order valence-electron chi connectivity index (χ2n) is 6.46. The Kier molecular flexibility index (Phi) is 5.58. The van der Waals surface area contributed by atoms with Gasteiger partial charge in [-0.15, -0.1) is 0 Å². The first kappa shape index (κ1) is 19.7. The number of benzene rings is 2. The zero-order chi connectivity index (χ0) is 20.3. The smallest absolute Gasteiger partial charge is 0.416 e. The summed E-state index contributed by atoms with van der Waals surface area (Å²) < 4.78 is 43.0. The molecule has 2 N–H and O–H groups in total. The molecule has 3 rings (SSSR count). The zero-order valence-corrected chi connectivity index (χ0v) is 15.0. The van der Waals surface area contributed by atoms with Gasteiger partial charge in [0.25, 0.3) is 0 Å². The highest BCUT2D eigenvalue weighted by Gasteiger charge is 2.48. The molecule has 0 radical (unpaired) electrons. The number of ether oxygens (including phenoxy) is 1. The van der Waals surface area contributed by atoms with Crippen LogP contribution in [0.5, 0.6) is 5.75 Å². The Labute approximate surface area is 159 Å². The number of halogens is 3. The lowest BCUT2D eigenvalue weighted by Crippen LogP contribution is -2.20. The van der Waals surface area contributed by atoms with Gasteiger partial charge in [0.15, 0.2) is 0 Å². The molecule has 1 saturated carbocycles. The Bertz CT molecular complexity index is 848. The van der Waals surface area contributed by atoms with Crippen LogP contribution in [0.2, 0.25) is 0 Å². The van der Waals surface area contributed by atoms with Crippen LogP contribution in [0.1, 0.15) is 18.9 Å². The third-order valence-corrected chi connectivity index (χ3v) is 4.38. The van der Waals surface area contributed by atoms with Crippen molar-refractivity contribution in [2.24, 2.45) is 11.8 Å². The molecule has 2 atom stereocenters. The maximum atomic E-state index is 12.6. The van der Waals surface area contributed by atoms with Crippen molar-refractivity contribution >= 4 is 23.2 Å². The van der Waals surface area contributed by atoms with Crippen LogP contribution in [0.3, 0.4) is 0 Å². The molecule has 0 spiro atoms. The van der Waals surface area contributed by atoms with Gasteiger partial charge in [-0.1, -0.05) is 0 Å². The van der Waals surface area contributed by atoms with Crippen molar-refractivity contribution in [1.82, 2.24) is 0 Å². The van der Waals surface area contributed by atoms with Crippen molar-refractivity contribution in [1.29, 1.82) is 0 Å². The SMILES string of the molecule is CCOc1ccc(NC(=O)C2CC2C(=O)Nc2ccc(C(F)(F)F)cc2)cc1. The molecule has 5 nitrogen and oxygen atoms in total. The van der Waals surface area contributed by atoms with Crippen LogP contribution in [0.25, 0.3) is 0 Å². The van der Waals surface area contributed by atoms with Crippen LogP contribution in [-0.2, 0) is 15.8 Å². The quantitative estimate of drug-likeness (QED) is 0.770. The van der Waals surface area contributed by atoms with Gasteiger partial charge in [0.05, 0.1) is 24.0 Å². The number of hydrogen-bond acceptors (Lipinski definition) is 3. The van der Waals surface area contributed by atoms with E-state index in [2.05, 4.69) is 10.6 Å². The van der Waals surface area contributed by atoms with Crippen molar-refractivity contribution < 1.29 is 27.5 Å². The zero-order valence-electron chi connectivity index (χ0n) is 15.0. The average molecular weight is 392 g/mol. The Balaban J connectivity index is 1.51. The van der Waals surface area contributed by atoms with E-state index in [9.17, 15) is 22.8 Å². The maximum absolute atomic E-state index is 12.6. The first-order valence-corrected chi connectivity index (χ1v) is 8.80. The molecule has 0 saturated heterocycles. The minimum atomic E-state index is -4.43. The lowest BCUT2D eigenvalue weighted by molar-refractivity contribution is -0.137. The van der Waals surface area contributed by atoms with Crippen molar-refractivity contribution in [2.45, 2.75) is 19.5 Å². The summed E-state index contributed by atoms with van der Waals surface area (Å²) in [6, 6.07) is 11.1. The van der Waals surface area contributed by atoms with E-state index in [0.29, 0.717) is 24.5 Å². The number of hydrogen-bond donors (Lipinski definition) is 2. The molecule has 0 aromatic heterocycles. The van der Waals surface area contributed by atoms with Crippen LogP contribution in [-0.4, -0.2) is 18.4 Å². The van der Waals surface area contributed by atoms with Crippen LogP contribution in [0, 0.1) is 11.8 Å². The van der Waals surface area contributed by atoms with Gasteiger partial charge in [-0.3, -0.25) is 9.59 Å². The Morgan fingerprint density at radius 2 is 1.39 bits per heavy atom. The summed E-state index contributed by atoms with van der Waals surface area (Å²) in [6.07, 6.45) is -4.03. The van der Waals surface area contributed by atoms with Gasteiger partial charge < -0.3 is 15.4 Å². The summed E-state index contributed by atoms with van der Waals surface area (Å²) in [7, 11) is 0. The molecule has 148 valence electrons. The van der Waals surface area contributed by atoms with Crippen molar-refractivity contribution in [3.63, 3.8) is 0 Å².